The molecule has 5 rings (SSSR count). The van der Waals surface area contributed by atoms with E-state index < -0.39 is 0 Å². The Hall–Kier alpha value is -3.87. The van der Waals surface area contributed by atoms with E-state index >= 15 is 0 Å². The third-order valence-corrected chi connectivity index (χ3v) is 6.11. The fourth-order valence-electron chi connectivity index (χ4n) is 4.23. The second kappa shape index (κ2) is 8.34. The highest BCUT2D eigenvalue weighted by molar-refractivity contribution is 5.98. The molecule has 1 aliphatic heterocycles. The first-order valence-corrected chi connectivity index (χ1v) is 10.8. The molecule has 0 aliphatic carbocycles. The topological polar surface area (TPSA) is 85.1 Å². The summed E-state index contributed by atoms with van der Waals surface area (Å²) in [4.78, 5) is 32.9. The predicted octanol–water partition coefficient (Wildman–Crippen LogP) is 3.40. The Labute approximate surface area is 186 Å². The van der Waals surface area contributed by atoms with Crippen molar-refractivity contribution in [2.24, 2.45) is 0 Å². The van der Waals surface area contributed by atoms with Crippen LogP contribution in [0.5, 0.6) is 0 Å². The van der Waals surface area contributed by atoms with Gasteiger partial charge in [0.1, 0.15) is 11.4 Å². The molecule has 0 saturated carbocycles. The largest absolute Gasteiger partial charge is 0.351 e. The summed E-state index contributed by atoms with van der Waals surface area (Å²) in [6, 6.07) is 19.8. The summed E-state index contributed by atoms with van der Waals surface area (Å²) in [5.74, 6) is -0.168. The van der Waals surface area contributed by atoms with Crippen LogP contribution in [0.3, 0.4) is 0 Å². The van der Waals surface area contributed by atoms with Gasteiger partial charge in [0, 0.05) is 43.0 Å². The minimum absolute atomic E-state index is 0.0659. The van der Waals surface area contributed by atoms with Crippen LogP contribution in [0, 0.1) is 0 Å². The molecule has 7 nitrogen and oxygen atoms in total. The molecule has 7 heteroatoms. The van der Waals surface area contributed by atoms with Crippen LogP contribution in [-0.2, 0) is 19.4 Å². The number of carbonyl (C=O) groups excluding carboxylic acids is 2. The van der Waals surface area contributed by atoms with Gasteiger partial charge in [0.2, 0.25) is 0 Å². The molecule has 4 aromatic rings. The van der Waals surface area contributed by atoms with Gasteiger partial charge in [0.25, 0.3) is 11.8 Å². The average molecular weight is 428 g/mol. The van der Waals surface area contributed by atoms with Gasteiger partial charge in [-0.1, -0.05) is 48.5 Å². The zero-order valence-electron chi connectivity index (χ0n) is 18.0. The Morgan fingerprint density at radius 1 is 1.09 bits per heavy atom. The van der Waals surface area contributed by atoms with Crippen molar-refractivity contribution < 1.29 is 9.59 Å². The van der Waals surface area contributed by atoms with Gasteiger partial charge in [0.15, 0.2) is 0 Å². The summed E-state index contributed by atoms with van der Waals surface area (Å²) in [6.07, 6.45) is 1.41. The van der Waals surface area contributed by atoms with E-state index in [9.17, 15) is 9.59 Å². The maximum Gasteiger partial charge on any atom is 0.271 e. The van der Waals surface area contributed by atoms with Gasteiger partial charge >= 0.3 is 0 Å². The third kappa shape index (κ3) is 3.77. The van der Waals surface area contributed by atoms with Crippen LogP contribution in [0.4, 0.5) is 0 Å². The number of fused-ring (bicyclic) bond motifs is 2. The molecule has 0 spiro atoms. The van der Waals surface area contributed by atoms with Crippen LogP contribution in [0.15, 0.2) is 60.7 Å². The van der Waals surface area contributed by atoms with Crippen molar-refractivity contribution >= 4 is 22.7 Å². The molecule has 2 aromatic carbocycles. The number of aromatic nitrogens is 3. The highest BCUT2D eigenvalue weighted by atomic mass is 16.2. The van der Waals surface area contributed by atoms with Crippen LogP contribution < -0.4 is 0 Å². The number of amides is 2. The maximum atomic E-state index is 13.1. The van der Waals surface area contributed by atoms with Gasteiger partial charge < -0.3 is 14.8 Å². The van der Waals surface area contributed by atoms with Crippen molar-refractivity contribution in [3.05, 3.63) is 88.9 Å². The molecule has 0 atom stereocenters. The Balaban J connectivity index is 1.31. The van der Waals surface area contributed by atoms with Crippen molar-refractivity contribution in [1.29, 1.82) is 0 Å². The zero-order valence-corrected chi connectivity index (χ0v) is 18.0. The van der Waals surface area contributed by atoms with Crippen LogP contribution in [-0.4, -0.2) is 56.9 Å². The summed E-state index contributed by atoms with van der Waals surface area (Å²) in [5.41, 5.74) is 4.85. The van der Waals surface area contributed by atoms with Gasteiger partial charge in [-0.3, -0.25) is 14.7 Å². The fraction of sp³-hybridized carbons (Fsp3) is 0.240. The number of benzene rings is 2. The van der Waals surface area contributed by atoms with Gasteiger partial charge in [-0.2, -0.15) is 5.10 Å². The summed E-state index contributed by atoms with van der Waals surface area (Å²) in [5, 5.41) is 8.30. The number of likely N-dealkylation sites (N-methyl/N-ethyl adjacent to an activating group) is 1. The number of carbonyl (C=O) groups is 2. The molecule has 0 bridgehead atoms. The Morgan fingerprint density at radius 3 is 2.69 bits per heavy atom. The molecule has 0 fully saturated rings. The lowest BCUT2D eigenvalue weighted by molar-refractivity contribution is 0.0719. The van der Waals surface area contributed by atoms with E-state index in [2.05, 4.69) is 27.3 Å². The SMILES string of the molecule is CN(CCc1ccccc1)C(=O)c1[nH]nc2c1CN(C(=O)c1cc3ccccc3[nH]1)CC2. The maximum absolute atomic E-state index is 13.1. The number of rotatable bonds is 5. The number of para-hydroxylation sites is 1. The van der Waals surface area contributed by atoms with Crippen molar-refractivity contribution in [2.45, 2.75) is 19.4 Å². The molecule has 1 aliphatic rings. The fourth-order valence-corrected chi connectivity index (χ4v) is 4.23. The monoisotopic (exact) mass is 427 g/mol. The lowest BCUT2D eigenvalue weighted by Crippen LogP contribution is -2.37. The molecular formula is C25H25N5O2. The van der Waals surface area contributed by atoms with Crippen molar-refractivity contribution in [1.82, 2.24) is 25.0 Å². The van der Waals surface area contributed by atoms with Crippen LogP contribution >= 0.6 is 0 Å². The van der Waals surface area contributed by atoms with E-state index in [1.54, 1.807) is 16.8 Å². The smallest absolute Gasteiger partial charge is 0.271 e. The molecule has 32 heavy (non-hydrogen) atoms. The van der Waals surface area contributed by atoms with Crippen molar-refractivity contribution in [2.75, 3.05) is 20.1 Å². The number of hydrogen-bond acceptors (Lipinski definition) is 3. The average Bonchev–Trinajstić information content (AvgIpc) is 3.46. The number of H-pyrrole nitrogens is 2. The zero-order chi connectivity index (χ0) is 22.1. The second-order valence-corrected chi connectivity index (χ2v) is 8.23. The molecule has 0 saturated heterocycles. The molecule has 2 amide bonds. The molecule has 162 valence electrons. The van der Waals surface area contributed by atoms with E-state index in [-0.39, 0.29) is 11.8 Å². The standard InChI is InChI=1S/C25H25N5O2/c1-29(13-11-17-7-3-2-4-8-17)25(32)23-19-16-30(14-12-21(19)27-28-23)24(31)22-15-18-9-5-6-10-20(18)26-22/h2-10,15,26H,11-14,16H2,1H3,(H,27,28). The van der Waals surface area contributed by atoms with Crippen LogP contribution in [0.25, 0.3) is 10.9 Å². The quantitative estimate of drug-likeness (QED) is 0.512. The van der Waals surface area contributed by atoms with Gasteiger partial charge in [-0.15, -0.1) is 0 Å². The summed E-state index contributed by atoms with van der Waals surface area (Å²) in [6.45, 7) is 1.55. The molecule has 2 aromatic heterocycles. The van der Waals surface area contributed by atoms with E-state index in [0.29, 0.717) is 37.4 Å². The van der Waals surface area contributed by atoms with Crippen molar-refractivity contribution in [3.63, 3.8) is 0 Å². The first-order valence-electron chi connectivity index (χ1n) is 10.8. The molecular weight excluding hydrogens is 402 g/mol. The minimum Gasteiger partial charge on any atom is -0.351 e. The Morgan fingerprint density at radius 2 is 1.88 bits per heavy atom. The molecule has 0 unspecified atom stereocenters. The lowest BCUT2D eigenvalue weighted by Gasteiger charge is -2.27. The second-order valence-electron chi connectivity index (χ2n) is 8.23. The normalized spacial score (nSPS) is 13.2. The van der Waals surface area contributed by atoms with Crippen LogP contribution in [0.1, 0.15) is 37.8 Å². The molecule has 2 N–H and O–H groups in total. The van der Waals surface area contributed by atoms with E-state index in [0.717, 1.165) is 28.6 Å². The highest BCUT2D eigenvalue weighted by Gasteiger charge is 2.29. The van der Waals surface area contributed by atoms with Gasteiger partial charge in [-0.05, 0) is 24.1 Å². The van der Waals surface area contributed by atoms with Gasteiger partial charge in [-0.25, -0.2) is 0 Å². The van der Waals surface area contributed by atoms with Crippen molar-refractivity contribution in [3.8, 4) is 0 Å². The summed E-state index contributed by atoms with van der Waals surface area (Å²) >= 11 is 0. The summed E-state index contributed by atoms with van der Waals surface area (Å²) < 4.78 is 0. The number of hydrogen-bond donors (Lipinski definition) is 2. The predicted molar refractivity (Wildman–Crippen MR) is 122 cm³/mol. The van der Waals surface area contributed by atoms with E-state index in [1.807, 2.05) is 48.5 Å². The third-order valence-electron chi connectivity index (χ3n) is 6.11. The van der Waals surface area contributed by atoms with E-state index in [1.165, 1.54) is 5.56 Å². The number of nitrogens with one attached hydrogen (secondary N) is 2. The molecule has 0 radical (unpaired) electrons. The first-order chi connectivity index (χ1) is 15.6. The Kier molecular flexibility index (Phi) is 5.23. The lowest BCUT2D eigenvalue weighted by atomic mass is 10.0. The summed E-state index contributed by atoms with van der Waals surface area (Å²) in [7, 11) is 1.80. The van der Waals surface area contributed by atoms with Crippen LogP contribution in [0.2, 0.25) is 0 Å². The molecule has 3 heterocycles. The Bertz CT molecular complexity index is 1240. The highest BCUT2D eigenvalue weighted by Crippen LogP contribution is 2.24. The number of nitrogens with zero attached hydrogens (tertiary/aromatic N) is 3. The minimum atomic E-state index is -0.102. The van der Waals surface area contributed by atoms with E-state index in [4.69, 9.17) is 0 Å². The van der Waals surface area contributed by atoms with Gasteiger partial charge in [0.05, 0.1) is 12.2 Å². The number of aromatic amines is 2. The first kappa shape index (κ1) is 20.1.